The van der Waals surface area contributed by atoms with E-state index in [0.29, 0.717) is 11.8 Å². The Labute approximate surface area is 101 Å². The summed E-state index contributed by atoms with van der Waals surface area (Å²) in [6.07, 6.45) is 7.90. The van der Waals surface area contributed by atoms with Gasteiger partial charge in [0.2, 0.25) is 5.91 Å². The molecule has 0 aliphatic heterocycles. The van der Waals surface area contributed by atoms with Crippen molar-refractivity contribution in [1.29, 1.82) is 0 Å². The number of carbonyl (C=O) groups is 1. The number of unbranched alkanes of at least 4 members (excludes halogenated alkanes) is 1. The molecule has 0 saturated heterocycles. The van der Waals surface area contributed by atoms with Gasteiger partial charge in [-0.25, -0.2) is 0 Å². The third kappa shape index (κ3) is 5.01. The van der Waals surface area contributed by atoms with E-state index in [2.05, 4.69) is 28.2 Å². The van der Waals surface area contributed by atoms with Crippen molar-refractivity contribution in [2.45, 2.75) is 51.9 Å². The van der Waals surface area contributed by atoms with Gasteiger partial charge in [0.15, 0.2) is 0 Å². The number of hydrogen-bond acceptors (Lipinski definition) is 1. The Kier molecular flexibility index (Phi) is 5.65. The van der Waals surface area contributed by atoms with Crippen LogP contribution >= 0.6 is 15.9 Å². The Balaban J connectivity index is 2.06. The molecule has 1 amide bonds. The first-order chi connectivity index (χ1) is 7.22. The highest BCUT2D eigenvalue weighted by Crippen LogP contribution is 2.48. The Morgan fingerprint density at radius 2 is 2.13 bits per heavy atom. The third-order valence-corrected chi connectivity index (χ3v) is 3.75. The highest BCUT2D eigenvalue weighted by molar-refractivity contribution is 9.09. The molecule has 0 aromatic heterocycles. The van der Waals surface area contributed by atoms with Crippen LogP contribution in [-0.4, -0.2) is 17.8 Å². The minimum Gasteiger partial charge on any atom is -0.356 e. The lowest BCUT2D eigenvalue weighted by atomic mass is 10.0. The van der Waals surface area contributed by atoms with Gasteiger partial charge in [0.1, 0.15) is 0 Å². The molecule has 88 valence electrons. The van der Waals surface area contributed by atoms with Crippen LogP contribution in [0.1, 0.15) is 51.9 Å². The van der Waals surface area contributed by atoms with Crippen molar-refractivity contribution in [3.63, 3.8) is 0 Å². The lowest BCUT2D eigenvalue weighted by Crippen LogP contribution is -2.29. The van der Waals surface area contributed by atoms with Crippen molar-refractivity contribution >= 4 is 21.8 Å². The number of carbonyl (C=O) groups excluding carboxylic acids is 1. The average Bonchev–Trinajstić information content (AvgIpc) is 2.97. The molecule has 0 heterocycles. The van der Waals surface area contributed by atoms with E-state index in [9.17, 15) is 4.79 Å². The molecule has 1 rings (SSSR count). The SMILES string of the molecule is CCCC1(CNC(=O)CCCCBr)CC1. The molecular weight excluding hydrogens is 254 g/mol. The maximum Gasteiger partial charge on any atom is 0.220 e. The van der Waals surface area contributed by atoms with E-state index in [1.165, 1.54) is 25.7 Å². The second kappa shape index (κ2) is 6.51. The lowest BCUT2D eigenvalue weighted by molar-refractivity contribution is -0.121. The minimum atomic E-state index is 0.235. The standard InChI is InChI=1S/C12H22BrNO/c1-2-6-12(7-8-12)10-14-11(15)5-3-4-9-13/h2-10H2,1H3,(H,14,15). The van der Waals surface area contributed by atoms with Crippen LogP contribution in [0.3, 0.4) is 0 Å². The van der Waals surface area contributed by atoms with E-state index < -0.39 is 0 Å². The van der Waals surface area contributed by atoms with Crippen molar-refractivity contribution < 1.29 is 4.79 Å². The van der Waals surface area contributed by atoms with Crippen molar-refractivity contribution in [3.8, 4) is 0 Å². The maximum atomic E-state index is 11.5. The molecule has 1 fully saturated rings. The van der Waals surface area contributed by atoms with Crippen LogP contribution < -0.4 is 5.32 Å². The largest absolute Gasteiger partial charge is 0.356 e. The maximum absolute atomic E-state index is 11.5. The minimum absolute atomic E-state index is 0.235. The van der Waals surface area contributed by atoms with Crippen molar-refractivity contribution in [1.82, 2.24) is 5.32 Å². The average molecular weight is 276 g/mol. The van der Waals surface area contributed by atoms with E-state index in [1.54, 1.807) is 0 Å². The van der Waals surface area contributed by atoms with Crippen LogP contribution in [-0.2, 0) is 4.79 Å². The fraction of sp³-hybridized carbons (Fsp3) is 0.917. The first-order valence-corrected chi connectivity index (χ1v) is 7.17. The zero-order chi connectivity index (χ0) is 11.1. The quantitative estimate of drug-likeness (QED) is 0.535. The van der Waals surface area contributed by atoms with Crippen LogP contribution in [0.4, 0.5) is 0 Å². The van der Waals surface area contributed by atoms with Gasteiger partial charge in [-0.2, -0.15) is 0 Å². The lowest BCUT2D eigenvalue weighted by Gasteiger charge is -2.14. The molecule has 1 aliphatic rings. The monoisotopic (exact) mass is 275 g/mol. The number of amides is 1. The highest BCUT2D eigenvalue weighted by Gasteiger charge is 2.41. The molecule has 0 aromatic carbocycles. The summed E-state index contributed by atoms with van der Waals surface area (Å²) in [4.78, 5) is 11.5. The van der Waals surface area contributed by atoms with E-state index >= 15 is 0 Å². The molecular formula is C12H22BrNO. The molecule has 0 atom stereocenters. The molecule has 1 aliphatic carbocycles. The summed E-state index contributed by atoms with van der Waals surface area (Å²) in [5.41, 5.74) is 0.486. The van der Waals surface area contributed by atoms with Crippen molar-refractivity contribution in [2.75, 3.05) is 11.9 Å². The summed E-state index contributed by atoms with van der Waals surface area (Å²) in [6, 6.07) is 0. The fourth-order valence-electron chi connectivity index (χ4n) is 1.98. The van der Waals surface area contributed by atoms with Crippen LogP contribution in [0.5, 0.6) is 0 Å². The summed E-state index contributed by atoms with van der Waals surface area (Å²) < 4.78 is 0. The summed E-state index contributed by atoms with van der Waals surface area (Å²) >= 11 is 3.37. The Morgan fingerprint density at radius 1 is 1.40 bits per heavy atom. The number of nitrogens with one attached hydrogen (secondary N) is 1. The number of hydrogen-bond donors (Lipinski definition) is 1. The molecule has 15 heavy (non-hydrogen) atoms. The van der Waals surface area contributed by atoms with Gasteiger partial charge in [-0.15, -0.1) is 0 Å². The van der Waals surface area contributed by atoms with Gasteiger partial charge in [-0.1, -0.05) is 29.3 Å². The van der Waals surface area contributed by atoms with Crippen LogP contribution in [0, 0.1) is 5.41 Å². The van der Waals surface area contributed by atoms with Gasteiger partial charge in [0, 0.05) is 18.3 Å². The number of rotatable bonds is 8. The summed E-state index contributed by atoms with van der Waals surface area (Å²) in [7, 11) is 0. The van der Waals surface area contributed by atoms with E-state index in [1.807, 2.05) is 0 Å². The van der Waals surface area contributed by atoms with Crippen molar-refractivity contribution in [2.24, 2.45) is 5.41 Å². The zero-order valence-corrected chi connectivity index (χ0v) is 11.2. The molecule has 0 unspecified atom stereocenters. The summed E-state index contributed by atoms with van der Waals surface area (Å²) in [5, 5.41) is 4.07. The van der Waals surface area contributed by atoms with Crippen molar-refractivity contribution in [3.05, 3.63) is 0 Å². The predicted molar refractivity (Wildman–Crippen MR) is 67.2 cm³/mol. The molecule has 1 N–H and O–H groups in total. The van der Waals surface area contributed by atoms with Gasteiger partial charge in [0.05, 0.1) is 0 Å². The first-order valence-electron chi connectivity index (χ1n) is 6.05. The third-order valence-electron chi connectivity index (χ3n) is 3.19. The van der Waals surface area contributed by atoms with Gasteiger partial charge in [0.25, 0.3) is 0 Å². The molecule has 1 saturated carbocycles. The first kappa shape index (κ1) is 13.0. The van der Waals surface area contributed by atoms with Crippen LogP contribution in [0.2, 0.25) is 0 Å². The zero-order valence-electron chi connectivity index (χ0n) is 9.65. The van der Waals surface area contributed by atoms with Gasteiger partial charge in [-0.05, 0) is 37.5 Å². The topological polar surface area (TPSA) is 29.1 Å². The van der Waals surface area contributed by atoms with Crippen LogP contribution in [0.25, 0.3) is 0 Å². The highest BCUT2D eigenvalue weighted by atomic mass is 79.9. The Morgan fingerprint density at radius 3 is 2.67 bits per heavy atom. The predicted octanol–water partition coefficient (Wildman–Crippen LogP) is 3.25. The normalized spacial score (nSPS) is 17.5. The number of alkyl halides is 1. The van der Waals surface area contributed by atoms with Gasteiger partial charge in [-0.3, -0.25) is 4.79 Å². The second-order valence-electron chi connectivity index (χ2n) is 4.67. The molecule has 2 nitrogen and oxygen atoms in total. The molecule has 3 heteroatoms. The summed E-state index contributed by atoms with van der Waals surface area (Å²) in [5.74, 6) is 0.235. The van der Waals surface area contributed by atoms with E-state index in [0.717, 1.165) is 24.7 Å². The Bertz CT molecular complexity index is 202. The fourth-order valence-corrected chi connectivity index (χ4v) is 2.37. The van der Waals surface area contributed by atoms with Gasteiger partial charge < -0.3 is 5.32 Å². The molecule has 0 radical (unpaired) electrons. The van der Waals surface area contributed by atoms with E-state index in [-0.39, 0.29) is 5.91 Å². The summed E-state index contributed by atoms with van der Waals surface area (Å²) in [6.45, 7) is 3.13. The number of halogens is 1. The smallest absolute Gasteiger partial charge is 0.220 e. The Hall–Kier alpha value is -0.0500. The molecule has 0 aromatic rings. The van der Waals surface area contributed by atoms with E-state index in [4.69, 9.17) is 0 Å². The molecule has 0 spiro atoms. The van der Waals surface area contributed by atoms with Crippen LogP contribution in [0.15, 0.2) is 0 Å². The van der Waals surface area contributed by atoms with Gasteiger partial charge >= 0.3 is 0 Å². The second-order valence-corrected chi connectivity index (χ2v) is 5.47. The molecule has 0 bridgehead atoms.